The number of nitrogen functional groups attached to an aromatic ring is 1. The Labute approximate surface area is 112 Å². The largest absolute Gasteiger partial charge is 0.399 e. The second-order valence-electron chi connectivity index (χ2n) is 5.22. The third-order valence-corrected chi connectivity index (χ3v) is 3.72. The minimum atomic E-state index is 0.482. The van der Waals surface area contributed by atoms with Crippen LogP contribution < -0.4 is 11.1 Å². The second kappa shape index (κ2) is 5.01. The lowest BCUT2D eigenvalue weighted by molar-refractivity contribution is 0.264. The lowest BCUT2D eigenvalue weighted by Crippen LogP contribution is -2.36. The van der Waals surface area contributed by atoms with Gasteiger partial charge in [0.1, 0.15) is 12.1 Å². The van der Waals surface area contributed by atoms with Crippen molar-refractivity contribution in [3.8, 4) is 0 Å². The van der Waals surface area contributed by atoms with E-state index >= 15 is 0 Å². The van der Waals surface area contributed by atoms with E-state index in [2.05, 4.69) is 27.2 Å². The van der Waals surface area contributed by atoms with Gasteiger partial charge in [-0.25, -0.2) is 9.97 Å². The van der Waals surface area contributed by atoms with Gasteiger partial charge in [0, 0.05) is 17.1 Å². The molecule has 1 saturated heterocycles. The van der Waals surface area contributed by atoms with E-state index < -0.39 is 0 Å². The second-order valence-corrected chi connectivity index (χ2v) is 5.22. The number of nitrogens with one attached hydrogen (secondary N) is 1. The summed E-state index contributed by atoms with van der Waals surface area (Å²) < 4.78 is 0. The molecule has 3 N–H and O–H groups in total. The van der Waals surface area contributed by atoms with Gasteiger partial charge in [-0.05, 0) is 51.2 Å². The average molecular weight is 257 g/mol. The molecule has 5 heteroatoms. The van der Waals surface area contributed by atoms with Crippen molar-refractivity contribution >= 4 is 22.4 Å². The fourth-order valence-electron chi connectivity index (χ4n) is 2.54. The highest BCUT2D eigenvalue weighted by Gasteiger charge is 2.17. The van der Waals surface area contributed by atoms with E-state index in [4.69, 9.17) is 5.73 Å². The number of anilines is 2. The first kappa shape index (κ1) is 12.2. The molecular weight excluding hydrogens is 238 g/mol. The Morgan fingerprint density at radius 2 is 2.05 bits per heavy atom. The highest BCUT2D eigenvalue weighted by atomic mass is 15.1. The van der Waals surface area contributed by atoms with Crippen LogP contribution >= 0.6 is 0 Å². The standard InChI is InChI=1S/C14H19N5/c1-19-6-4-11(5-7-19)18-14-12-8-10(15)2-3-13(12)16-9-17-14/h2-3,8-9,11H,4-7,15H2,1H3,(H,16,17,18). The van der Waals surface area contributed by atoms with E-state index in [-0.39, 0.29) is 0 Å². The van der Waals surface area contributed by atoms with Gasteiger partial charge in [0.05, 0.1) is 5.52 Å². The maximum atomic E-state index is 5.85. The summed E-state index contributed by atoms with van der Waals surface area (Å²) >= 11 is 0. The number of nitrogens with two attached hydrogens (primary N) is 1. The van der Waals surface area contributed by atoms with Crippen LogP contribution in [0.2, 0.25) is 0 Å². The van der Waals surface area contributed by atoms with Gasteiger partial charge in [-0.15, -0.1) is 0 Å². The first-order chi connectivity index (χ1) is 9.22. The Morgan fingerprint density at radius 1 is 1.26 bits per heavy atom. The molecule has 3 rings (SSSR count). The molecule has 1 aliphatic rings. The molecule has 5 nitrogen and oxygen atoms in total. The number of benzene rings is 1. The minimum absolute atomic E-state index is 0.482. The van der Waals surface area contributed by atoms with Gasteiger partial charge in [0.15, 0.2) is 0 Å². The minimum Gasteiger partial charge on any atom is -0.399 e. The van der Waals surface area contributed by atoms with Gasteiger partial charge in [0.2, 0.25) is 0 Å². The molecule has 0 bridgehead atoms. The molecule has 2 aromatic rings. The quantitative estimate of drug-likeness (QED) is 0.802. The Kier molecular flexibility index (Phi) is 3.21. The summed E-state index contributed by atoms with van der Waals surface area (Å²) in [4.78, 5) is 11.0. The topological polar surface area (TPSA) is 67.1 Å². The molecule has 1 aliphatic heterocycles. The van der Waals surface area contributed by atoms with Crippen molar-refractivity contribution in [3.05, 3.63) is 24.5 Å². The van der Waals surface area contributed by atoms with Crippen LogP contribution in [0.1, 0.15) is 12.8 Å². The van der Waals surface area contributed by atoms with E-state index in [1.54, 1.807) is 6.33 Å². The third kappa shape index (κ3) is 2.61. The van der Waals surface area contributed by atoms with Crippen LogP contribution in [0.3, 0.4) is 0 Å². The lowest BCUT2D eigenvalue weighted by atomic mass is 10.1. The zero-order valence-corrected chi connectivity index (χ0v) is 11.1. The van der Waals surface area contributed by atoms with E-state index in [0.717, 1.165) is 48.3 Å². The number of likely N-dealkylation sites (tertiary alicyclic amines) is 1. The lowest BCUT2D eigenvalue weighted by Gasteiger charge is -2.30. The molecule has 0 atom stereocenters. The first-order valence-electron chi connectivity index (χ1n) is 6.68. The number of nitrogens with zero attached hydrogens (tertiary/aromatic N) is 3. The van der Waals surface area contributed by atoms with Crippen LogP contribution in [0.5, 0.6) is 0 Å². The molecule has 0 spiro atoms. The van der Waals surface area contributed by atoms with Gasteiger partial charge >= 0.3 is 0 Å². The number of rotatable bonds is 2. The fourth-order valence-corrected chi connectivity index (χ4v) is 2.54. The molecule has 0 saturated carbocycles. The molecule has 100 valence electrons. The smallest absolute Gasteiger partial charge is 0.137 e. The van der Waals surface area contributed by atoms with Gasteiger partial charge < -0.3 is 16.0 Å². The Bertz CT molecular complexity index is 575. The summed E-state index contributed by atoms with van der Waals surface area (Å²) in [5.74, 6) is 0.895. The van der Waals surface area contributed by atoms with Crippen LogP contribution in [-0.4, -0.2) is 41.0 Å². The highest BCUT2D eigenvalue weighted by Crippen LogP contribution is 2.23. The van der Waals surface area contributed by atoms with Crippen molar-refractivity contribution in [3.63, 3.8) is 0 Å². The summed E-state index contributed by atoms with van der Waals surface area (Å²) in [6.07, 6.45) is 3.89. The van der Waals surface area contributed by atoms with Crippen molar-refractivity contribution in [2.75, 3.05) is 31.2 Å². The summed E-state index contributed by atoms with van der Waals surface area (Å²) in [5.41, 5.74) is 7.53. The molecular formula is C14H19N5. The normalized spacial score (nSPS) is 17.7. The fraction of sp³-hybridized carbons (Fsp3) is 0.429. The van der Waals surface area contributed by atoms with Gasteiger partial charge in [0.25, 0.3) is 0 Å². The number of piperidine rings is 1. The van der Waals surface area contributed by atoms with E-state index in [0.29, 0.717) is 6.04 Å². The summed E-state index contributed by atoms with van der Waals surface area (Å²) in [5, 5.41) is 4.54. The zero-order chi connectivity index (χ0) is 13.2. The zero-order valence-electron chi connectivity index (χ0n) is 11.1. The van der Waals surface area contributed by atoms with Crippen molar-refractivity contribution in [1.82, 2.24) is 14.9 Å². The van der Waals surface area contributed by atoms with Crippen LogP contribution in [0.4, 0.5) is 11.5 Å². The highest BCUT2D eigenvalue weighted by molar-refractivity contribution is 5.91. The molecule has 1 aromatic carbocycles. The molecule has 0 amide bonds. The summed E-state index contributed by atoms with van der Waals surface area (Å²) in [6.45, 7) is 2.26. The number of hydrogen-bond donors (Lipinski definition) is 2. The predicted molar refractivity (Wildman–Crippen MR) is 78.1 cm³/mol. The SMILES string of the molecule is CN1CCC(Nc2ncnc3ccc(N)cc23)CC1. The number of fused-ring (bicyclic) bond motifs is 1. The van der Waals surface area contributed by atoms with Crippen molar-refractivity contribution in [1.29, 1.82) is 0 Å². The maximum absolute atomic E-state index is 5.85. The summed E-state index contributed by atoms with van der Waals surface area (Å²) in [6, 6.07) is 6.23. The van der Waals surface area contributed by atoms with Crippen LogP contribution in [0.25, 0.3) is 10.9 Å². The molecule has 0 radical (unpaired) electrons. The first-order valence-corrected chi connectivity index (χ1v) is 6.68. The Balaban J connectivity index is 1.86. The molecule has 2 heterocycles. The molecule has 19 heavy (non-hydrogen) atoms. The van der Waals surface area contributed by atoms with E-state index in [9.17, 15) is 0 Å². The van der Waals surface area contributed by atoms with Crippen LogP contribution in [-0.2, 0) is 0 Å². The molecule has 1 aromatic heterocycles. The third-order valence-electron chi connectivity index (χ3n) is 3.72. The summed E-state index contributed by atoms with van der Waals surface area (Å²) in [7, 11) is 2.16. The van der Waals surface area contributed by atoms with E-state index in [1.165, 1.54) is 0 Å². The van der Waals surface area contributed by atoms with Crippen molar-refractivity contribution in [2.45, 2.75) is 18.9 Å². The number of hydrogen-bond acceptors (Lipinski definition) is 5. The molecule has 0 unspecified atom stereocenters. The molecule has 1 fully saturated rings. The van der Waals surface area contributed by atoms with Gasteiger partial charge in [-0.1, -0.05) is 0 Å². The van der Waals surface area contributed by atoms with Crippen LogP contribution in [0, 0.1) is 0 Å². The molecule has 0 aliphatic carbocycles. The van der Waals surface area contributed by atoms with Crippen LogP contribution in [0.15, 0.2) is 24.5 Å². The average Bonchev–Trinajstić information content (AvgIpc) is 2.42. The van der Waals surface area contributed by atoms with Crippen molar-refractivity contribution < 1.29 is 0 Å². The predicted octanol–water partition coefficient (Wildman–Crippen LogP) is 1.72. The monoisotopic (exact) mass is 257 g/mol. The van der Waals surface area contributed by atoms with E-state index in [1.807, 2.05) is 18.2 Å². The maximum Gasteiger partial charge on any atom is 0.137 e. The van der Waals surface area contributed by atoms with Gasteiger partial charge in [-0.3, -0.25) is 0 Å². The van der Waals surface area contributed by atoms with Crippen molar-refractivity contribution in [2.24, 2.45) is 0 Å². The van der Waals surface area contributed by atoms with Gasteiger partial charge in [-0.2, -0.15) is 0 Å². The number of aromatic nitrogens is 2. The Hall–Kier alpha value is -1.88. The Morgan fingerprint density at radius 3 is 2.84 bits per heavy atom.